The minimum atomic E-state index is -1.05. The summed E-state index contributed by atoms with van der Waals surface area (Å²) in [6.45, 7) is 0.459. The molecular formula is C14H14N2O3S. The number of amides is 2. The van der Waals surface area contributed by atoms with Crippen molar-refractivity contribution >= 4 is 28.3 Å². The van der Waals surface area contributed by atoms with E-state index in [0.29, 0.717) is 11.5 Å². The molecule has 1 aromatic carbocycles. The monoisotopic (exact) mass is 290 g/mol. The van der Waals surface area contributed by atoms with E-state index < -0.39 is 5.97 Å². The molecule has 2 amide bonds. The van der Waals surface area contributed by atoms with Gasteiger partial charge in [-0.05, 0) is 17.0 Å². The Morgan fingerprint density at radius 2 is 1.95 bits per heavy atom. The number of carbonyl (C=O) groups excluding carboxylic acids is 1. The number of aromatic carboxylic acids is 1. The number of hydrogen-bond donors (Lipinski definition) is 2. The average molecular weight is 290 g/mol. The molecule has 0 unspecified atom stereocenters. The summed E-state index contributed by atoms with van der Waals surface area (Å²) in [4.78, 5) is 24.5. The van der Waals surface area contributed by atoms with Crippen LogP contribution < -0.4 is 5.32 Å². The molecule has 0 radical (unpaired) electrons. The van der Waals surface area contributed by atoms with Crippen molar-refractivity contribution in [3.05, 3.63) is 52.9 Å². The summed E-state index contributed by atoms with van der Waals surface area (Å²) in [5, 5.41) is 13.6. The minimum absolute atomic E-state index is 0.108. The number of nitrogens with one attached hydrogen (secondary N) is 1. The zero-order valence-electron chi connectivity index (χ0n) is 10.9. The van der Waals surface area contributed by atoms with Gasteiger partial charge in [0.15, 0.2) is 0 Å². The maximum Gasteiger partial charge on any atom is 0.338 e. The second-order valence-electron chi connectivity index (χ2n) is 4.24. The molecule has 2 N–H and O–H groups in total. The lowest BCUT2D eigenvalue weighted by Crippen LogP contribution is -2.31. The lowest BCUT2D eigenvalue weighted by molar-refractivity contribution is 0.0698. The van der Waals surface area contributed by atoms with E-state index in [1.54, 1.807) is 12.4 Å². The van der Waals surface area contributed by atoms with Crippen molar-refractivity contribution < 1.29 is 14.7 Å². The van der Waals surface area contributed by atoms with E-state index in [1.165, 1.54) is 22.3 Å². The SMILES string of the molecule is CN(Cc1ccccc1)C(=O)Nc1sccc1C(=O)O. The number of carboxylic acid groups (broad SMARTS) is 1. The topological polar surface area (TPSA) is 69.6 Å². The lowest BCUT2D eigenvalue weighted by Gasteiger charge is -2.17. The molecule has 0 aliphatic rings. The van der Waals surface area contributed by atoms with Crippen molar-refractivity contribution in [1.82, 2.24) is 4.90 Å². The highest BCUT2D eigenvalue weighted by Gasteiger charge is 2.16. The van der Waals surface area contributed by atoms with E-state index >= 15 is 0 Å². The van der Waals surface area contributed by atoms with Gasteiger partial charge in [0, 0.05) is 13.6 Å². The van der Waals surface area contributed by atoms with Crippen molar-refractivity contribution in [1.29, 1.82) is 0 Å². The van der Waals surface area contributed by atoms with E-state index in [0.717, 1.165) is 5.56 Å². The van der Waals surface area contributed by atoms with Crippen LogP contribution in [0.15, 0.2) is 41.8 Å². The van der Waals surface area contributed by atoms with Gasteiger partial charge in [-0.25, -0.2) is 9.59 Å². The van der Waals surface area contributed by atoms with Gasteiger partial charge in [-0.1, -0.05) is 30.3 Å². The third-order valence-corrected chi connectivity index (χ3v) is 3.56. The number of anilines is 1. The van der Waals surface area contributed by atoms with Crippen LogP contribution in [0.25, 0.3) is 0 Å². The van der Waals surface area contributed by atoms with Crippen molar-refractivity contribution in [2.45, 2.75) is 6.54 Å². The fraction of sp³-hybridized carbons (Fsp3) is 0.143. The summed E-state index contributed by atoms with van der Waals surface area (Å²) in [7, 11) is 1.66. The first-order valence-electron chi connectivity index (χ1n) is 5.94. The van der Waals surface area contributed by atoms with Crippen LogP contribution in [0.2, 0.25) is 0 Å². The van der Waals surface area contributed by atoms with Gasteiger partial charge >= 0.3 is 12.0 Å². The lowest BCUT2D eigenvalue weighted by atomic mass is 10.2. The molecular weight excluding hydrogens is 276 g/mol. The number of hydrogen-bond acceptors (Lipinski definition) is 3. The van der Waals surface area contributed by atoms with Gasteiger partial charge < -0.3 is 10.0 Å². The summed E-state index contributed by atoms with van der Waals surface area (Å²) >= 11 is 1.19. The van der Waals surface area contributed by atoms with Gasteiger partial charge in [0.25, 0.3) is 0 Å². The van der Waals surface area contributed by atoms with Crippen LogP contribution in [0.5, 0.6) is 0 Å². The zero-order valence-corrected chi connectivity index (χ0v) is 11.7. The number of carboxylic acids is 1. The maximum absolute atomic E-state index is 12.0. The highest BCUT2D eigenvalue weighted by atomic mass is 32.1. The van der Waals surface area contributed by atoms with Crippen LogP contribution in [-0.4, -0.2) is 29.1 Å². The molecule has 1 aromatic heterocycles. The van der Waals surface area contributed by atoms with E-state index in [4.69, 9.17) is 5.11 Å². The fourth-order valence-corrected chi connectivity index (χ4v) is 2.46. The molecule has 2 aromatic rings. The predicted molar refractivity (Wildman–Crippen MR) is 78.2 cm³/mol. The number of thiophene rings is 1. The molecule has 2 rings (SSSR count). The van der Waals surface area contributed by atoms with Gasteiger partial charge in [0.1, 0.15) is 5.00 Å². The zero-order chi connectivity index (χ0) is 14.5. The molecule has 0 bridgehead atoms. The Labute approximate surface area is 120 Å². The summed E-state index contributed by atoms with van der Waals surface area (Å²) in [5.74, 6) is -1.05. The molecule has 0 saturated heterocycles. The Balaban J connectivity index is 2.01. The van der Waals surface area contributed by atoms with Crippen molar-refractivity contribution in [2.75, 3.05) is 12.4 Å². The van der Waals surface area contributed by atoms with E-state index in [2.05, 4.69) is 5.32 Å². The van der Waals surface area contributed by atoms with Gasteiger partial charge in [0.05, 0.1) is 5.56 Å². The smallest absolute Gasteiger partial charge is 0.338 e. The van der Waals surface area contributed by atoms with Gasteiger partial charge in [-0.3, -0.25) is 5.32 Å². The first-order chi connectivity index (χ1) is 9.58. The number of nitrogens with zero attached hydrogens (tertiary/aromatic N) is 1. The summed E-state index contributed by atoms with van der Waals surface area (Å²) in [6.07, 6.45) is 0. The molecule has 0 aliphatic carbocycles. The first kappa shape index (κ1) is 14.1. The molecule has 5 nitrogen and oxygen atoms in total. The highest BCUT2D eigenvalue weighted by molar-refractivity contribution is 7.14. The van der Waals surface area contributed by atoms with Crippen molar-refractivity contribution in [3.8, 4) is 0 Å². The van der Waals surface area contributed by atoms with Crippen LogP contribution in [0.3, 0.4) is 0 Å². The van der Waals surface area contributed by atoms with Crippen LogP contribution in [0.1, 0.15) is 15.9 Å². The molecule has 6 heteroatoms. The molecule has 0 aliphatic heterocycles. The van der Waals surface area contributed by atoms with Crippen molar-refractivity contribution in [2.24, 2.45) is 0 Å². The van der Waals surface area contributed by atoms with Gasteiger partial charge in [-0.2, -0.15) is 0 Å². The fourth-order valence-electron chi connectivity index (χ4n) is 1.70. The normalized spacial score (nSPS) is 10.1. The number of carbonyl (C=O) groups is 2. The Morgan fingerprint density at radius 1 is 1.25 bits per heavy atom. The maximum atomic E-state index is 12.0. The largest absolute Gasteiger partial charge is 0.478 e. The third kappa shape index (κ3) is 3.36. The highest BCUT2D eigenvalue weighted by Crippen LogP contribution is 2.23. The Bertz CT molecular complexity index is 610. The number of rotatable bonds is 4. The summed E-state index contributed by atoms with van der Waals surface area (Å²) in [6, 6.07) is 10.7. The quantitative estimate of drug-likeness (QED) is 0.909. The summed E-state index contributed by atoms with van der Waals surface area (Å²) < 4.78 is 0. The van der Waals surface area contributed by atoms with Crippen molar-refractivity contribution in [3.63, 3.8) is 0 Å². The standard InChI is InChI=1S/C14H14N2O3S/c1-16(9-10-5-3-2-4-6-10)14(19)15-12-11(13(17)18)7-8-20-12/h2-8H,9H2,1H3,(H,15,19)(H,17,18). The average Bonchev–Trinajstić information content (AvgIpc) is 2.88. The molecule has 104 valence electrons. The summed E-state index contributed by atoms with van der Waals surface area (Å²) in [5.41, 5.74) is 1.12. The van der Waals surface area contributed by atoms with Crippen LogP contribution in [0, 0.1) is 0 Å². The first-order valence-corrected chi connectivity index (χ1v) is 6.82. The molecule has 1 heterocycles. The third-order valence-electron chi connectivity index (χ3n) is 2.73. The Kier molecular flexibility index (Phi) is 4.37. The second-order valence-corrected chi connectivity index (χ2v) is 5.16. The molecule has 0 saturated carbocycles. The van der Waals surface area contributed by atoms with E-state index in [9.17, 15) is 9.59 Å². The minimum Gasteiger partial charge on any atom is -0.478 e. The number of urea groups is 1. The van der Waals surface area contributed by atoms with E-state index in [-0.39, 0.29) is 11.6 Å². The Morgan fingerprint density at radius 3 is 2.60 bits per heavy atom. The van der Waals surface area contributed by atoms with E-state index in [1.807, 2.05) is 30.3 Å². The molecule has 0 spiro atoms. The molecule has 0 fully saturated rings. The van der Waals surface area contributed by atoms with Crippen LogP contribution in [-0.2, 0) is 6.54 Å². The van der Waals surface area contributed by atoms with Gasteiger partial charge in [-0.15, -0.1) is 11.3 Å². The number of benzene rings is 1. The van der Waals surface area contributed by atoms with Crippen LogP contribution in [0.4, 0.5) is 9.80 Å². The molecule has 0 atom stereocenters. The van der Waals surface area contributed by atoms with Crippen LogP contribution >= 0.6 is 11.3 Å². The molecule has 20 heavy (non-hydrogen) atoms. The van der Waals surface area contributed by atoms with Gasteiger partial charge in [0.2, 0.25) is 0 Å². The Hall–Kier alpha value is -2.34. The second kappa shape index (κ2) is 6.21. The predicted octanol–water partition coefficient (Wildman–Crippen LogP) is 3.11.